The number of nitrogens with zero attached hydrogens (tertiary/aromatic N) is 1. The van der Waals surface area contributed by atoms with Crippen LogP contribution in [0.25, 0.3) is 10.8 Å². The number of aliphatic hydroxyl groups is 1. The maximum Gasteiger partial charge on any atom is 0.127 e. The summed E-state index contributed by atoms with van der Waals surface area (Å²) >= 11 is 0. The van der Waals surface area contributed by atoms with E-state index in [1.165, 1.54) is 5.39 Å². The quantitative estimate of drug-likeness (QED) is 0.889. The lowest BCUT2D eigenvalue weighted by molar-refractivity contribution is 0.105. The standard InChI is InChI=1S/C18H23NO3/c1-21-16-11-15(13-20)19(12-16)9-10-22-18-8-4-6-14-5-2-3-7-17(14)18/h2-8,15-16,20H,9-13H2,1H3/t15-,16+/m0/s1. The Morgan fingerprint density at radius 2 is 2.00 bits per heavy atom. The van der Waals surface area contributed by atoms with Crippen LogP contribution in [0.5, 0.6) is 5.75 Å². The molecule has 1 aliphatic rings. The van der Waals surface area contributed by atoms with Crippen molar-refractivity contribution in [3.05, 3.63) is 42.5 Å². The minimum atomic E-state index is 0.175. The van der Waals surface area contributed by atoms with E-state index in [2.05, 4.69) is 23.1 Å². The summed E-state index contributed by atoms with van der Waals surface area (Å²) in [6, 6.07) is 14.5. The molecule has 2 atom stereocenters. The Morgan fingerprint density at radius 3 is 2.82 bits per heavy atom. The molecule has 2 aromatic carbocycles. The molecule has 0 bridgehead atoms. The van der Waals surface area contributed by atoms with Gasteiger partial charge < -0.3 is 14.6 Å². The third-order valence-electron chi connectivity index (χ3n) is 4.42. The van der Waals surface area contributed by atoms with E-state index in [1.54, 1.807) is 7.11 Å². The summed E-state index contributed by atoms with van der Waals surface area (Å²) in [5.74, 6) is 0.918. The van der Waals surface area contributed by atoms with E-state index < -0.39 is 0 Å². The van der Waals surface area contributed by atoms with Crippen molar-refractivity contribution in [3.63, 3.8) is 0 Å². The van der Waals surface area contributed by atoms with Crippen LogP contribution in [0.1, 0.15) is 6.42 Å². The van der Waals surface area contributed by atoms with Gasteiger partial charge in [-0.1, -0.05) is 36.4 Å². The molecule has 2 aromatic rings. The van der Waals surface area contributed by atoms with E-state index in [9.17, 15) is 5.11 Å². The Balaban J connectivity index is 1.60. The van der Waals surface area contributed by atoms with Crippen molar-refractivity contribution >= 4 is 10.8 Å². The monoisotopic (exact) mass is 301 g/mol. The van der Waals surface area contributed by atoms with Gasteiger partial charge in [0.05, 0.1) is 12.7 Å². The van der Waals surface area contributed by atoms with Crippen LogP contribution in [-0.2, 0) is 4.74 Å². The topological polar surface area (TPSA) is 41.9 Å². The van der Waals surface area contributed by atoms with Crippen molar-refractivity contribution < 1.29 is 14.6 Å². The average molecular weight is 301 g/mol. The van der Waals surface area contributed by atoms with Gasteiger partial charge in [0, 0.05) is 31.6 Å². The molecule has 0 saturated carbocycles. The molecule has 22 heavy (non-hydrogen) atoms. The van der Waals surface area contributed by atoms with Crippen molar-refractivity contribution in [1.82, 2.24) is 4.90 Å². The molecular formula is C18H23NO3. The van der Waals surface area contributed by atoms with Gasteiger partial charge in [-0.15, -0.1) is 0 Å². The summed E-state index contributed by atoms with van der Waals surface area (Å²) in [5, 5.41) is 11.8. The highest BCUT2D eigenvalue weighted by atomic mass is 16.5. The molecule has 1 aliphatic heterocycles. The minimum Gasteiger partial charge on any atom is -0.492 e. The van der Waals surface area contributed by atoms with Gasteiger partial charge in [0.25, 0.3) is 0 Å². The highest BCUT2D eigenvalue weighted by Gasteiger charge is 2.31. The first-order chi connectivity index (χ1) is 10.8. The fourth-order valence-corrected chi connectivity index (χ4v) is 3.17. The molecule has 0 unspecified atom stereocenters. The van der Waals surface area contributed by atoms with E-state index in [1.807, 2.05) is 24.3 Å². The molecule has 118 valence electrons. The molecule has 0 aromatic heterocycles. The Bertz CT molecular complexity index is 611. The molecule has 1 fully saturated rings. The molecule has 1 heterocycles. The van der Waals surface area contributed by atoms with Gasteiger partial charge in [-0.25, -0.2) is 0 Å². The highest BCUT2D eigenvalue weighted by Crippen LogP contribution is 2.25. The zero-order valence-corrected chi connectivity index (χ0v) is 12.9. The third-order valence-corrected chi connectivity index (χ3v) is 4.42. The van der Waals surface area contributed by atoms with Gasteiger partial charge in [0.2, 0.25) is 0 Å². The molecule has 1 saturated heterocycles. The smallest absolute Gasteiger partial charge is 0.127 e. The maximum absolute atomic E-state index is 9.47. The van der Waals surface area contributed by atoms with Crippen LogP contribution in [0.4, 0.5) is 0 Å². The van der Waals surface area contributed by atoms with Crippen molar-refractivity contribution in [2.75, 3.05) is 33.4 Å². The van der Waals surface area contributed by atoms with Crippen LogP contribution in [-0.4, -0.2) is 55.6 Å². The van der Waals surface area contributed by atoms with Gasteiger partial charge in [-0.05, 0) is 17.9 Å². The molecule has 0 amide bonds. The maximum atomic E-state index is 9.47. The molecular weight excluding hydrogens is 278 g/mol. The number of rotatable bonds is 6. The van der Waals surface area contributed by atoms with Crippen LogP contribution in [0.2, 0.25) is 0 Å². The lowest BCUT2D eigenvalue weighted by atomic mass is 10.1. The number of aliphatic hydroxyl groups excluding tert-OH is 1. The van der Waals surface area contributed by atoms with Crippen LogP contribution in [0.3, 0.4) is 0 Å². The van der Waals surface area contributed by atoms with E-state index in [4.69, 9.17) is 9.47 Å². The number of hydrogen-bond donors (Lipinski definition) is 1. The number of likely N-dealkylation sites (tertiary alicyclic amines) is 1. The number of fused-ring (bicyclic) bond motifs is 1. The molecule has 0 radical (unpaired) electrons. The number of methoxy groups -OCH3 is 1. The summed E-state index contributed by atoms with van der Waals surface area (Å²) in [4.78, 5) is 2.25. The lowest BCUT2D eigenvalue weighted by Crippen LogP contribution is -2.35. The second-order valence-electron chi connectivity index (χ2n) is 5.75. The van der Waals surface area contributed by atoms with Crippen LogP contribution in [0.15, 0.2) is 42.5 Å². The first-order valence-corrected chi connectivity index (χ1v) is 7.80. The predicted molar refractivity (Wildman–Crippen MR) is 87.3 cm³/mol. The van der Waals surface area contributed by atoms with Gasteiger partial charge in [-0.2, -0.15) is 0 Å². The van der Waals surface area contributed by atoms with E-state index >= 15 is 0 Å². The molecule has 3 rings (SSSR count). The Morgan fingerprint density at radius 1 is 1.18 bits per heavy atom. The van der Waals surface area contributed by atoms with Crippen molar-refractivity contribution in [2.24, 2.45) is 0 Å². The fourth-order valence-electron chi connectivity index (χ4n) is 3.17. The van der Waals surface area contributed by atoms with Crippen molar-refractivity contribution in [2.45, 2.75) is 18.6 Å². The molecule has 1 N–H and O–H groups in total. The van der Waals surface area contributed by atoms with Crippen LogP contribution >= 0.6 is 0 Å². The van der Waals surface area contributed by atoms with Gasteiger partial charge >= 0.3 is 0 Å². The van der Waals surface area contributed by atoms with E-state index in [0.717, 1.165) is 30.6 Å². The third kappa shape index (κ3) is 3.24. The minimum absolute atomic E-state index is 0.175. The molecule has 4 nitrogen and oxygen atoms in total. The Hall–Kier alpha value is -1.62. The average Bonchev–Trinajstić information content (AvgIpc) is 2.97. The first kappa shape index (κ1) is 15.3. The summed E-state index contributed by atoms with van der Waals surface area (Å²) < 4.78 is 11.4. The normalized spacial score (nSPS) is 22.3. The van der Waals surface area contributed by atoms with Crippen LogP contribution < -0.4 is 4.74 Å². The van der Waals surface area contributed by atoms with Crippen LogP contribution in [0, 0.1) is 0 Å². The second-order valence-corrected chi connectivity index (χ2v) is 5.75. The zero-order valence-electron chi connectivity index (χ0n) is 12.9. The molecule has 0 aliphatic carbocycles. The number of hydrogen-bond acceptors (Lipinski definition) is 4. The highest BCUT2D eigenvalue weighted by molar-refractivity contribution is 5.88. The lowest BCUT2D eigenvalue weighted by Gasteiger charge is -2.22. The fraction of sp³-hybridized carbons (Fsp3) is 0.444. The first-order valence-electron chi connectivity index (χ1n) is 7.80. The zero-order chi connectivity index (χ0) is 15.4. The van der Waals surface area contributed by atoms with Gasteiger partial charge in [-0.3, -0.25) is 4.90 Å². The van der Waals surface area contributed by atoms with Gasteiger partial charge in [0.15, 0.2) is 0 Å². The molecule has 4 heteroatoms. The van der Waals surface area contributed by atoms with Gasteiger partial charge in [0.1, 0.15) is 12.4 Å². The molecule has 0 spiro atoms. The number of benzene rings is 2. The van der Waals surface area contributed by atoms with Crippen molar-refractivity contribution in [1.29, 1.82) is 0 Å². The Kier molecular flexibility index (Phi) is 4.93. The van der Waals surface area contributed by atoms with E-state index in [-0.39, 0.29) is 18.8 Å². The predicted octanol–water partition coefficient (Wildman–Crippen LogP) is 2.30. The summed E-state index contributed by atoms with van der Waals surface area (Å²) in [6.45, 7) is 2.45. The van der Waals surface area contributed by atoms with Crippen molar-refractivity contribution in [3.8, 4) is 5.75 Å². The second kappa shape index (κ2) is 7.09. The SMILES string of the molecule is CO[C@@H]1C[C@@H](CO)N(CCOc2cccc3ccccc23)C1. The summed E-state index contributed by atoms with van der Waals surface area (Å²) in [5.41, 5.74) is 0. The van der Waals surface area contributed by atoms with E-state index in [0.29, 0.717) is 6.61 Å². The Labute approximate surface area is 131 Å². The largest absolute Gasteiger partial charge is 0.492 e. The summed E-state index contributed by atoms with van der Waals surface area (Å²) in [6.07, 6.45) is 1.11. The summed E-state index contributed by atoms with van der Waals surface area (Å²) in [7, 11) is 1.73. The number of ether oxygens (including phenoxy) is 2.